The van der Waals surface area contributed by atoms with E-state index in [0.29, 0.717) is 17.4 Å². The number of aliphatic hydroxyl groups is 1. The number of aliphatic hydroxyl groups excluding tert-OH is 1. The Labute approximate surface area is 492 Å². The van der Waals surface area contributed by atoms with E-state index in [-0.39, 0.29) is 12.5 Å². The van der Waals surface area contributed by atoms with Crippen molar-refractivity contribution in [2.24, 2.45) is 0 Å². The van der Waals surface area contributed by atoms with Crippen LogP contribution < -0.4 is 10.2 Å². The molecule has 0 radical (unpaired) electrons. The van der Waals surface area contributed by atoms with Gasteiger partial charge in [0.05, 0.1) is 39.9 Å². The molecule has 1 amide bonds. The van der Waals surface area contributed by atoms with Gasteiger partial charge in [0.1, 0.15) is 13.2 Å². The highest BCUT2D eigenvalue weighted by Crippen LogP contribution is 2.38. The molecule has 8 nitrogen and oxygen atoms in total. The largest absolute Gasteiger partial charge is 0.756 e. The van der Waals surface area contributed by atoms with Crippen LogP contribution in [0, 0.1) is 0 Å². The summed E-state index contributed by atoms with van der Waals surface area (Å²) in [6.45, 7) is 4.68. The Kier molecular flexibility index (Phi) is 59.8. The van der Waals surface area contributed by atoms with Crippen LogP contribution in [0.5, 0.6) is 0 Å². The summed E-state index contributed by atoms with van der Waals surface area (Å²) in [5.74, 6) is -0.202. The molecule has 9 heteroatoms. The number of phosphoric acid groups is 1. The first-order chi connectivity index (χ1) is 38.5. The van der Waals surface area contributed by atoms with Crippen molar-refractivity contribution in [1.29, 1.82) is 0 Å². The third-order valence-electron chi connectivity index (χ3n) is 15.8. The molecule has 2 N–H and O–H groups in total. The fourth-order valence-corrected chi connectivity index (χ4v) is 11.1. The van der Waals surface area contributed by atoms with Crippen LogP contribution in [0.4, 0.5) is 0 Å². The number of quaternary nitrogens is 1. The van der Waals surface area contributed by atoms with Gasteiger partial charge in [-0.2, -0.15) is 0 Å². The summed E-state index contributed by atoms with van der Waals surface area (Å²) in [5.41, 5.74) is 0. The Morgan fingerprint density at radius 1 is 0.443 bits per heavy atom. The molecule has 3 atom stereocenters. The van der Waals surface area contributed by atoms with Crippen LogP contribution in [0.15, 0.2) is 48.6 Å². The molecule has 0 aromatic rings. The van der Waals surface area contributed by atoms with E-state index >= 15 is 0 Å². The van der Waals surface area contributed by atoms with E-state index in [9.17, 15) is 19.4 Å². The lowest BCUT2D eigenvalue weighted by atomic mass is 10.0. The van der Waals surface area contributed by atoms with Crippen LogP contribution in [0.1, 0.15) is 341 Å². The normalized spacial score (nSPS) is 14.0. The van der Waals surface area contributed by atoms with Gasteiger partial charge in [-0.1, -0.05) is 319 Å². The van der Waals surface area contributed by atoms with Crippen molar-refractivity contribution in [2.75, 3.05) is 40.9 Å². The highest BCUT2D eigenvalue weighted by Gasteiger charge is 2.23. The molecule has 0 aliphatic carbocycles. The number of hydrogen-bond acceptors (Lipinski definition) is 6. The Morgan fingerprint density at radius 3 is 1.10 bits per heavy atom. The molecule has 0 bridgehead atoms. The molecule has 0 aliphatic heterocycles. The van der Waals surface area contributed by atoms with Gasteiger partial charge in [-0.3, -0.25) is 9.36 Å². The van der Waals surface area contributed by atoms with E-state index in [1.54, 1.807) is 6.08 Å². The number of rotatable bonds is 64. The molecule has 0 spiro atoms. The minimum atomic E-state index is -4.61. The second kappa shape index (κ2) is 61.0. The second-order valence-corrected chi connectivity index (χ2v) is 26.3. The number of nitrogens with zero attached hydrogens (tertiary/aromatic N) is 1. The lowest BCUT2D eigenvalue weighted by Gasteiger charge is -2.29. The third kappa shape index (κ3) is 63.9. The van der Waals surface area contributed by atoms with Crippen molar-refractivity contribution in [3.8, 4) is 0 Å². The second-order valence-electron chi connectivity index (χ2n) is 24.9. The first-order valence-corrected chi connectivity index (χ1v) is 36.0. The Bertz CT molecular complexity index is 1430. The van der Waals surface area contributed by atoms with Gasteiger partial charge < -0.3 is 28.8 Å². The van der Waals surface area contributed by atoms with Crippen LogP contribution in [0.2, 0.25) is 0 Å². The van der Waals surface area contributed by atoms with E-state index in [0.717, 1.165) is 44.9 Å². The van der Waals surface area contributed by atoms with Crippen molar-refractivity contribution < 1.29 is 32.9 Å². The van der Waals surface area contributed by atoms with E-state index < -0.39 is 26.6 Å². The van der Waals surface area contributed by atoms with E-state index in [1.165, 1.54) is 276 Å². The summed E-state index contributed by atoms with van der Waals surface area (Å²) in [5, 5.41) is 13.9. The van der Waals surface area contributed by atoms with Gasteiger partial charge >= 0.3 is 0 Å². The average Bonchev–Trinajstić information content (AvgIpc) is 3.42. The maximum absolute atomic E-state index is 13.0. The van der Waals surface area contributed by atoms with E-state index in [2.05, 4.69) is 55.6 Å². The molecule has 0 saturated carbocycles. The highest BCUT2D eigenvalue weighted by atomic mass is 31.2. The number of likely N-dealkylation sites (N-methyl/N-ethyl adjacent to an activating group) is 1. The number of nitrogens with one attached hydrogen (secondary N) is 1. The van der Waals surface area contributed by atoms with Crippen LogP contribution in [-0.4, -0.2) is 68.5 Å². The van der Waals surface area contributed by atoms with Gasteiger partial charge in [-0.05, 0) is 64.2 Å². The van der Waals surface area contributed by atoms with Crippen molar-refractivity contribution in [1.82, 2.24) is 5.32 Å². The van der Waals surface area contributed by atoms with Gasteiger partial charge in [0.25, 0.3) is 7.82 Å². The van der Waals surface area contributed by atoms with Gasteiger partial charge in [0.15, 0.2) is 0 Å². The topological polar surface area (TPSA) is 108 Å². The zero-order chi connectivity index (χ0) is 57.7. The fourth-order valence-electron chi connectivity index (χ4n) is 10.4. The first-order valence-electron chi connectivity index (χ1n) is 34.5. The SMILES string of the molecule is CCCCCCCCCCCCC/C=C\C/C=C\CCCCCCCCCCCCCCCCCCCC(=O)NC(COP(=O)([O-])OCC[N+](C)(C)C)C(O)/C=C/CC/C=C/CCCCCCCCCCCCCCCCCC. The maximum Gasteiger partial charge on any atom is 0.268 e. The predicted molar refractivity (Wildman–Crippen MR) is 344 cm³/mol. The Morgan fingerprint density at radius 2 is 0.747 bits per heavy atom. The number of hydrogen-bond donors (Lipinski definition) is 2. The Balaban J connectivity index is 4.05. The highest BCUT2D eigenvalue weighted by molar-refractivity contribution is 7.45. The molecule has 0 rings (SSSR count). The van der Waals surface area contributed by atoms with Crippen molar-refractivity contribution >= 4 is 13.7 Å². The molecule has 0 fully saturated rings. The summed E-state index contributed by atoms with van der Waals surface area (Å²) in [6.07, 6.45) is 82.4. The van der Waals surface area contributed by atoms with E-state index in [4.69, 9.17) is 9.05 Å². The van der Waals surface area contributed by atoms with Crippen molar-refractivity contribution in [3.63, 3.8) is 0 Å². The summed E-state index contributed by atoms with van der Waals surface area (Å²) in [4.78, 5) is 25.6. The first kappa shape index (κ1) is 77.5. The summed E-state index contributed by atoms with van der Waals surface area (Å²) in [6, 6.07) is -0.905. The zero-order valence-corrected chi connectivity index (χ0v) is 54.2. The Hall–Kier alpha value is -1.54. The average molecular weight is 1130 g/mol. The number of carbonyl (C=O) groups is 1. The summed E-state index contributed by atoms with van der Waals surface area (Å²) < 4.78 is 23.4. The van der Waals surface area contributed by atoms with Crippen molar-refractivity contribution in [3.05, 3.63) is 48.6 Å². The smallest absolute Gasteiger partial charge is 0.268 e. The minimum Gasteiger partial charge on any atom is -0.756 e. The lowest BCUT2D eigenvalue weighted by molar-refractivity contribution is -0.870. The monoisotopic (exact) mass is 1130 g/mol. The number of allylic oxidation sites excluding steroid dienone is 7. The molecule has 3 unspecified atom stereocenters. The molecule has 79 heavy (non-hydrogen) atoms. The summed E-state index contributed by atoms with van der Waals surface area (Å²) >= 11 is 0. The molecule has 466 valence electrons. The fraction of sp³-hybridized carbons (Fsp3) is 0.871. The minimum absolute atomic E-state index is 0.00571. The van der Waals surface area contributed by atoms with Gasteiger partial charge in [0, 0.05) is 6.42 Å². The predicted octanol–water partition coefficient (Wildman–Crippen LogP) is 21.2. The number of phosphoric ester groups is 1. The molecule has 0 aliphatic rings. The number of unbranched alkanes of at least 4 members (excludes halogenated alkanes) is 45. The maximum atomic E-state index is 13.0. The van der Waals surface area contributed by atoms with Crippen LogP contribution >= 0.6 is 7.82 Å². The van der Waals surface area contributed by atoms with Crippen LogP contribution in [0.3, 0.4) is 0 Å². The molecular weight excluding hydrogens is 996 g/mol. The van der Waals surface area contributed by atoms with E-state index in [1.807, 2.05) is 27.2 Å². The molecule has 0 saturated heterocycles. The standard InChI is InChI=1S/C70H135N2O6P/c1-6-8-10-12-14-16-18-20-22-24-26-28-30-31-32-33-34-35-36-37-38-39-40-41-42-44-46-48-50-52-54-56-58-60-62-64-70(74)71-68(67-78-79(75,76)77-66-65-72(3,4)5)69(73)63-61-59-57-55-53-51-49-47-45-43-29-27-25-23-21-19-17-15-13-11-9-7-2/h30-31,33-34,53,55,61,63,68-69,73H,6-29,32,35-52,54,56-60,62,64-67H2,1-5H3,(H-,71,74,75,76)/b31-30-,34-33-,55-53+,63-61+. The molecular formula is C70H135N2O6P. The van der Waals surface area contributed by atoms with Crippen LogP contribution in [-0.2, 0) is 18.4 Å². The third-order valence-corrected chi connectivity index (χ3v) is 16.7. The molecule has 0 aromatic carbocycles. The van der Waals surface area contributed by atoms with Gasteiger partial charge in [0.2, 0.25) is 5.91 Å². The quantitative estimate of drug-likeness (QED) is 0.0272. The lowest BCUT2D eigenvalue weighted by Crippen LogP contribution is -2.45. The van der Waals surface area contributed by atoms with Gasteiger partial charge in [-0.25, -0.2) is 0 Å². The van der Waals surface area contributed by atoms with Crippen LogP contribution in [0.25, 0.3) is 0 Å². The molecule has 0 heterocycles. The molecule has 0 aromatic heterocycles. The number of amides is 1. The number of carbonyl (C=O) groups excluding carboxylic acids is 1. The van der Waals surface area contributed by atoms with Crippen molar-refractivity contribution in [2.45, 2.75) is 353 Å². The van der Waals surface area contributed by atoms with Gasteiger partial charge in [-0.15, -0.1) is 0 Å². The zero-order valence-electron chi connectivity index (χ0n) is 53.3. The summed E-state index contributed by atoms with van der Waals surface area (Å²) in [7, 11) is 1.25.